The summed E-state index contributed by atoms with van der Waals surface area (Å²) in [6, 6.07) is 5.25. The molecule has 4 amide bonds. The van der Waals surface area contributed by atoms with E-state index < -0.39 is 23.3 Å². The number of halogens is 1. The third-order valence-electron chi connectivity index (χ3n) is 6.13. The Balaban J connectivity index is 1.83. The minimum absolute atomic E-state index is 0.166. The van der Waals surface area contributed by atoms with Gasteiger partial charge in [-0.1, -0.05) is 38.8 Å². The molecule has 2 saturated heterocycles. The zero-order valence-corrected chi connectivity index (χ0v) is 17.2. The minimum atomic E-state index is -1.24. The van der Waals surface area contributed by atoms with Crippen molar-refractivity contribution in [2.45, 2.75) is 70.4 Å². The zero-order valence-electron chi connectivity index (χ0n) is 17.2. The van der Waals surface area contributed by atoms with Crippen molar-refractivity contribution in [3.05, 3.63) is 35.6 Å². The Bertz CT molecular complexity index is 767. The molecule has 2 heterocycles. The van der Waals surface area contributed by atoms with Crippen LogP contribution in [-0.2, 0) is 15.1 Å². The quantitative estimate of drug-likeness (QED) is 0.708. The van der Waals surface area contributed by atoms with E-state index in [1.54, 1.807) is 0 Å². The molecule has 3 rings (SSSR count). The molecule has 7 heteroatoms. The zero-order chi connectivity index (χ0) is 21.0. The molecular formula is C22H30FN3O3. The summed E-state index contributed by atoms with van der Waals surface area (Å²) in [6.07, 6.45) is 5.83. The second-order valence-corrected chi connectivity index (χ2v) is 7.98. The molecule has 0 unspecified atom stereocenters. The number of hydrogen-bond donors (Lipinski definition) is 1. The number of hydrogen-bond acceptors (Lipinski definition) is 3. The largest absolute Gasteiger partial charge is 0.338 e. The van der Waals surface area contributed by atoms with Gasteiger partial charge in [0.25, 0.3) is 5.91 Å². The van der Waals surface area contributed by atoms with Crippen molar-refractivity contribution >= 4 is 17.8 Å². The first-order valence-electron chi connectivity index (χ1n) is 10.6. The van der Waals surface area contributed by atoms with Crippen molar-refractivity contribution in [1.29, 1.82) is 0 Å². The lowest BCUT2D eigenvalue weighted by molar-refractivity contribution is -0.141. The molecule has 0 aliphatic carbocycles. The average Bonchev–Trinajstić information content (AvgIpc) is 2.97. The Hall–Kier alpha value is -2.44. The van der Waals surface area contributed by atoms with Gasteiger partial charge in [-0.05, 0) is 49.8 Å². The minimum Gasteiger partial charge on any atom is -0.338 e. The van der Waals surface area contributed by atoms with Crippen molar-refractivity contribution in [3.63, 3.8) is 0 Å². The second-order valence-electron chi connectivity index (χ2n) is 7.98. The van der Waals surface area contributed by atoms with E-state index in [1.807, 2.05) is 18.7 Å². The summed E-state index contributed by atoms with van der Waals surface area (Å²) < 4.78 is 13.4. The van der Waals surface area contributed by atoms with Gasteiger partial charge in [0.2, 0.25) is 5.91 Å². The van der Waals surface area contributed by atoms with Gasteiger partial charge in [-0.25, -0.2) is 9.18 Å². The van der Waals surface area contributed by atoms with Gasteiger partial charge in [-0.3, -0.25) is 14.5 Å². The summed E-state index contributed by atoms with van der Waals surface area (Å²) in [7, 11) is 0. The monoisotopic (exact) mass is 403 g/mol. The molecule has 0 radical (unpaired) electrons. The van der Waals surface area contributed by atoms with Gasteiger partial charge in [0, 0.05) is 12.6 Å². The number of nitrogens with one attached hydrogen (secondary N) is 1. The van der Waals surface area contributed by atoms with Gasteiger partial charge in [-0.2, -0.15) is 0 Å². The van der Waals surface area contributed by atoms with E-state index in [4.69, 9.17) is 0 Å². The SMILES string of the molecule is CCCC[C@]1(c2ccc(F)cc2)NC(=O)N(CC(=O)N2CCCC[C@H]2CC)C1=O. The van der Waals surface area contributed by atoms with Crippen molar-refractivity contribution in [2.24, 2.45) is 0 Å². The normalized spacial score (nSPS) is 24.7. The molecule has 0 aromatic heterocycles. The van der Waals surface area contributed by atoms with Gasteiger partial charge in [0.1, 0.15) is 17.9 Å². The summed E-state index contributed by atoms with van der Waals surface area (Å²) in [5, 5.41) is 2.82. The lowest BCUT2D eigenvalue weighted by Gasteiger charge is -2.36. The number of amides is 4. The van der Waals surface area contributed by atoms with E-state index in [1.165, 1.54) is 24.3 Å². The van der Waals surface area contributed by atoms with Crippen LogP contribution < -0.4 is 5.32 Å². The number of rotatable bonds is 7. The van der Waals surface area contributed by atoms with Crippen molar-refractivity contribution in [1.82, 2.24) is 15.1 Å². The number of carbonyl (C=O) groups is 3. The van der Waals surface area contributed by atoms with Crippen LogP contribution in [-0.4, -0.2) is 46.8 Å². The van der Waals surface area contributed by atoms with Gasteiger partial charge in [0.15, 0.2) is 0 Å². The smallest absolute Gasteiger partial charge is 0.325 e. The van der Waals surface area contributed by atoms with Crippen LogP contribution in [0.3, 0.4) is 0 Å². The molecular weight excluding hydrogens is 373 g/mol. The first-order chi connectivity index (χ1) is 13.9. The molecule has 2 fully saturated rings. The lowest BCUT2D eigenvalue weighted by atomic mass is 9.84. The second kappa shape index (κ2) is 8.93. The highest BCUT2D eigenvalue weighted by atomic mass is 19.1. The van der Waals surface area contributed by atoms with E-state index in [-0.39, 0.29) is 18.5 Å². The summed E-state index contributed by atoms with van der Waals surface area (Å²) in [4.78, 5) is 41.9. The summed E-state index contributed by atoms with van der Waals surface area (Å²) in [5.74, 6) is -1.02. The molecule has 0 spiro atoms. The van der Waals surface area contributed by atoms with E-state index in [2.05, 4.69) is 5.32 Å². The Labute approximate surface area is 171 Å². The lowest BCUT2D eigenvalue weighted by Crippen LogP contribution is -2.49. The fourth-order valence-electron chi connectivity index (χ4n) is 4.43. The van der Waals surface area contributed by atoms with Crippen LogP contribution in [0.25, 0.3) is 0 Å². The molecule has 1 N–H and O–H groups in total. The van der Waals surface area contributed by atoms with Crippen LogP contribution in [0.1, 0.15) is 64.4 Å². The highest BCUT2D eigenvalue weighted by Gasteiger charge is 2.52. The van der Waals surface area contributed by atoms with Crippen LogP contribution >= 0.6 is 0 Å². The predicted octanol–water partition coefficient (Wildman–Crippen LogP) is 3.55. The first-order valence-corrected chi connectivity index (χ1v) is 10.6. The maximum atomic E-state index is 13.4. The fraction of sp³-hybridized carbons (Fsp3) is 0.591. The number of carbonyl (C=O) groups excluding carboxylic acids is 3. The number of unbranched alkanes of at least 4 members (excludes halogenated alkanes) is 1. The van der Waals surface area contributed by atoms with Crippen LogP contribution in [0.4, 0.5) is 9.18 Å². The fourth-order valence-corrected chi connectivity index (χ4v) is 4.43. The Kier molecular flexibility index (Phi) is 6.55. The van der Waals surface area contributed by atoms with Gasteiger partial charge in [-0.15, -0.1) is 0 Å². The maximum absolute atomic E-state index is 13.4. The van der Waals surface area contributed by atoms with Crippen molar-refractivity contribution in [3.8, 4) is 0 Å². The van der Waals surface area contributed by atoms with E-state index in [0.29, 0.717) is 18.5 Å². The van der Waals surface area contributed by atoms with Gasteiger partial charge >= 0.3 is 6.03 Å². The molecule has 2 atom stereocenters. The average molecular weight is 403 g/mol. The number of urea groups is 1. The Morgan fingerprint density at radius 3 is 2.59 bits per heavy atom. The molecule has 1 aromatic carbocycles. The molecule has 0 bridgehead atoms. The number of nitrogens with zero attached hydrogens (tertiary/aromatic N) is 2. The summed E-state index contributed by atoms with van der Waals surface area (Å²) in [6.45, 7) is 4.46. The summed E-state index contributed by atoms with van der Waals surface area (Å²) >= 11 is 0. The van der Waals surface area contributed by atoms with Crippen molar-refractivity contribution in [2.75, 3.05) is 13.1 Å². The molecule has 2 aliphatic rings. The standard InChI is InChI=1S/C22H30FN3O3/c1-3-5-13-22(16-9-11-17(23)12-10-16)20(28)26(21(29)24-22)15-19(27)25-14-7-6-8-18(25)4-2/h9-12,18H,3-8,13-15H2,1-2H3,(H,24,29)/t18-,22-/m1/s1. The highest BCUT2D eigenvalue weighted by Crippen LogP contribution is 2.34. The Morgan fingerprint density at radius 1 is 1.21 bits per heavy atom. The molecule has 6 nitrogen and oxygen atoms in total. The predicted molar refractivity (Wildman–Crippen MR) is 107 cm³/mol. The third-order valence-corrected chi connectivity index (χ3v) is 6.13. The van der Waals surface area contributed by atoms with Crippen LogP contribution in [0.5, 0.6) is 0 Å². The summed E-state index contributed by atoms with van der Waals surface area (Å²) in [5.41, 5.74) is -0.697. The van der Waals surface area contributed by atoms with Crippen molar-refractivity contribution < 1.29 is 18.8 Å². The van der Waals surface area contributed by atoms with Crippen LogP contribution in [0.15, 0.2) is 24.3 Å². The van der Waals surface area contributed by atoms with E-state index in [0.717, 1.165) is 43.4 Å². The van der Waals surface area contributed by atoms with Crippen LogP contribution in [0, 0.1) is 5.82 Å². The van der Waals surface area contributed by atoms with Gasteiger partial charge in [0.05, 0.1) is 0 Å². The van der Waals surface area contributed by atoms with E-state index >= 15 is 0 Å². The number of likely N-dealkylation sites (tertiary alicyclic amines) is 1. The Morgan fingerprint density at radius 2 is 1.93 bits per heavy atom. The number of imide groups is 1. The number of benzene rings is 1. The maximum Gasteiger partial charge on any atom is 0.325 e. The van der Waals surface area contributed by atoms with E-state index in [9.17, 15) is 18.8 Å². The highest BCUT2D eigenvalue weighted by molar-refractivity contribution is 6.09. The molecule has 29 heavy (non-hydrogen) atoms. The number of piperidine rings is 1. The molecule has 158 valence electrons. The molecule has 1 aromatic rings. The van der Waals surface area contributed by atoms with Crippen LogP contribution in [0.2, 0.25) is 0 Å². The molecule has 0 saturated carbocycles. The topological polar surface area (TPSA) is 69.7 Å². The molecule has 2 aliphatic heterocycles. The third kappa shape index (κ3) is 4.14. The van der Waals surface area contributed by atoms with Gasteiger partial charge < -0.3 is 10.2 Å². The first kappa shape index (κ1) is 21.3.